The molecule has 1 aliphatic carbocycles. The molecule has 5 nitrogen and oxygen atoms in total. The third kappa shape index (κ3) is 4.98. The molecule has 120 valence electrons. The number of nitriles is 1. The lowest BCUT2D eigenvalue weighted by atomic mass is 9.81. The summed E-state index contributed by atoms with van der Waals surface area (Å²) in [4.78, 5) is 16.1. The van der Waals surface area contributed by atoms with Crippen LogP contribution < -0.4 is 0 Å². The van der Waals surface area contributed by atoms with Crippen LogP contribution in [0.25, 0.3) is 0 Å². The number of nitrogens with zero attached hydrogens (tertiary/aromatic N) is 3. The average molecular weight is 295 g/mol. The van der Waals surface area contributed by atoms with Gasteiger partial charge in [-0.2, -0.15) is 5.26 Å². The second-order valence-electron chi connectivity index (χ2n) is 6.77. The molecule has 0 aliphatic heterocycles. The molecule has 1 fully saturated rings. The first-order valence-electron chi connectivity index (χ1n) is 7.87. The van der Waals surface area contributed by atoms with E-state index >= 15 is 0 Å². The number of amides is 1. The standard InChI is InChI=1S/C16H29N3O2/c1-5-19(13-15(2,3)21)11-14(20)18(4)16(12-17)9-7-6-8-10-16/h21H,5-11,13H2,1-4H3. The topological polar surface area (TPSA) is 67.6 Å². The maximum absolute atomic E-state index is 12.5. The summed E-state index contributed by atoms with van der Waals surface area (Å²) in [7, 11) is 1.74. The minimum Gasteiger partial charge on any atom is -0.389 e. The van der Waals surface area contributed by atoms with Gasteiger partial charge >= 0.3 is 0 Å². The van der Waals surface area contributed by atoms with Gasteiger partial charge in [0.25, 0.3) is 0 Å². The van der Waals surface area contributed by atoms with Crippen LogP contribution in [-0.2, 0) is 4.79 Å². The molecule has 0 heterocycles. The molecule has 1 saturated carbocycles. The molecule has 0 aromatic heterocycles. The Morgan fingerprint density at radius 3 is 2.33 bits per heavy atom. The van der Waals surface area contributed by atoms with E-state index in [2.05, 4.69) is 6.07 Å². The van der Waals surface area contributed by atoms with Crippen molar-refractivity contribution in [1.29, 1.82) is 5.26 Å². The zero-order valence-corrected chi connectivity index (χ0v) is 13.9. The van der Waals surface area contributed by atoms with Gasteiger partial charge in [0, 0.05) is 13.6 Å². The summed E-state index contributed by atoms with van der Waals surface area (Å²) in [5.74, 6) is -0.0375. The molecular formula is C16H29N3O2. The van der Waals surface area contributed by atoms with E-state index in [1.165, 1.54) is 0 Å². The van der Waals surface area contributed by atoms with Crippen LogP contribution in [0.15, 0.2) is 0 Å². The molecule has 21 heavy (non-hydrogen) atoms. The molecule has 1 N–H and O–H groups in total. The highest BCUT2D eigenvalue weighted by atomic mass is 16.3. The van der Waals surface area contributed by atoms with Crippen LogP contribution in [0.2, 0.25) is 0 Å². The van der Waals surface area contributed by atoms with Crippen molar-refractivity contribution in [2.75, 3.05) is 26.7 Å². The van der Waals surface area contributed by atoms with Gasteiger partial charge in [-0.25, -0.2) is 0 Å². The van der Waals surface area contributed by atoms with Crippen LogP contribution in [0.1, 0.15) is 52.9 Å². The van der Waals surface area contributed by atoms with Crippen molar-refractivity contribution in [3.05, 3.63) is 0 Å². The monoisotopic (exact) mass is 295 g/mol. The van der Waals surface area contributed by atoms with Crippen molar-refractivity contribution in [2.45, 2.75) is 64.0 Å². The third-order valence-corrected chi connectivity index (χ3v) is 4.32. The van der Waals surface area contributed by atoms with Gasteiger partial charge in [-0.3, -0.25) is 9.69 Å². The Kier molecular flexibility index (Phi) is 6.18. The first-order chi connectivity index (χ1) is 9.74. The fourth-order valence-corrected chi connectivity index (χ4v) is 3.02. The van der Waals surface area contributed by atoms with Crippen LogP contribution in [0.3, 0.4) is 0 Å². The molecule has 0 saturated heterocycles. The molecule has 0 atom stereocenters. The molecule has 1 rings (SSSR count). The van der Waals surface area contributed by atoms with E-state index in [0.29, 0.717) is 13.1 Å². The highest BCUT2D eigenvalue weighted by Gasteiger charge is 2.39. The number of aliphatic hydroxyl groups is 1. The second kappa shape index (κ2) is 7.24. The molecule has 5 heteroatoms. The molecule has 0 spiro atoms. The summed E-state index contributed by atoms with van der Waals surface area (Å²) in [6, 6.07) is 2.37. The number of likely N-dealkylation sites (N-methyl/N-ethyl adjacent to an activating group) is 2. The van der Waals surface area contributed by atoms with Crippen molar-refractivity contribution in [2.24, 2.45) is 0 Å². The first kappa shape index (κ1) is 17.9. The lowest BCUT2D eigenvalue weighted by Crippen LogP contribution is -2.53. The van der Waals surface area contributed by atoms with Crippen molar-refractivity contribution in [1.82, 2.24) is 9.80 Å². The van der Waals surface area contributed by atoms with Gasteiger partial charge in [0.2, 0.25) is 5.91 Å². The summed E-state index contributed by atoms with van der Waals surface area (Å²) >= 11 is 0. The van der Waals surface area contributed by atoms with E-state index in [-0.39, 0.29) is 12.5 Å². The zero-order chi connectivity index (χ0) is 16.1. The Bertz CT molecular complexity index is 389. The van der Waals surface area contributed by atoms with Crippen LogP contribution in [0.5, 0.6) is 0 Å². The van der Waals surface area contributed by atoms with E-state index in [1.54, 1.807) is 25.8 Å². The lowest BCUT2D eigenvalue weighted by Gasteiger charge is -2.40. The summed E-state index contributed by atoms with van der Waals surface area (Å²) in [5, 5.41) is 19.4. The summed E-state index contributed by atoms with van der Waals surface area (Å²) in [6.45, 7) is 6.84. The normalized spacial score (nSPS) is 18.3. The van der Waals surface area contributed by atoms with Crippen LogP contribution >= 0.6 is 0 Å². The van der Waals surface area contributed by atoms with E-state index in [0.717, 1.165) is 32.1 Å². The molecular weight excluding hydrogens is 266 g/mol. The third-order valence-electron chi connectivity index (χ3n) is 4.32. The molecule has 0 radical (unpaired) electrons. The van der Waals surface area contributed by atoms with E-state index in [4.69, 9.17) is 0 Å². The van der Waals surface area contributed by atoms with Crippen LogP contribution in [0.4, 0.5) is 0 Å². The highest BCUT2D eigenvalue weighted by Crippen LogP contribution is 2.32. The van der Waals surface area contributed by atoms with Gasteiger partial charge in [-0.1, -0.05) is 26.2 Å². The Hall–Kier alpha value is -1.12. The number of hydrogen-bond donors (Lipinski definition) is 1. The fourth-order valence-electron chi connectivity index (χ4n) is 3.02. The summed E-state index contributed by atoms with van der Waals surface area (Å²) < 4.78 is 0. The summed E-state index contributed by atoms with van der Waals surface area (Å²) in [6.07, 6.45) is 4.69. The predicted octanol–water partition coefficient (Wildman–Crippen LogP) is 1.76. The largest absolute Gasteiger partial charge is 0.389 e. The molecule has 0 aromatic rings. The molecule has 0 bridgehead atoms. The summed E-state index contributed by atoms with van der Waals surface area (Å²) in [5.41, 5.74) is -1.46. The quantitative estimate of drug-likeness (QED) is 0.811. The number of hydrogen-bond acceptors (Lipinski definition) is 4. The smallest absolute Gasteiger partial charge is 0.237 e. The predicted molar refractivity (Wildman–Crippen MR) is 82.6 cm³/mol. The number of rotatable bonds is 6. The molecule has 1 amide bonds. The Labute approximate surface area is 128 Å². The average Bonchev–Trinajstić information content (AvgIpc) is 2.44. The van der Waals surface area contributed by atoms with E-state index < -0.39 is 11.1 Å². The fraction of sp³-hybridized carbons (Fsp3) is 0.875. The molecule has 0 unspecified atom stereocenters. The van der Waals surface area contributed by atoms with Gasteiger partial charge in [0.1, 0.15) is 5.54 Å². The van der Waals surface area contributed by atoms with Crippen molar-refractivity contribution < 1.29 is 9.90 Å². The first-order valence-corrected chi connectivity index (χ1v) is 7.87. The molecule has 0 aromatic carbocycles. The SMILES string of the molecule is CCN(CC(=O)N(C)C1(C#N)CCCCC1)CC(C)(C)O. The Morgan fingerprint density at radius 1 is 1.33 bits per heavy atom. The van der Waals surface area contributed by atoms with E-state index in [9.17, 15) is 15.2 Å². The number of carbonyl (C=O) groups excluding carboxylic acids is 1. The minimum absolute atomic E-state index is 0.0375. The number of carbonyl (C=O) groups is 1. The maximum Gasteiger partial charge on any atom is 0.237 e. The van der Waals surface area contributed by atoms with Gasteiger partial charge in [0.05, 0.1) is 18.2 Å². The van der Waals surface area contributed by atoms with Crippen LogP contribution in [0, 0.1) is 11.3 Å². The zero-order valence-electron chi connectivity index (χ0n) is 13.9. The van der Waals surface area contributed by atoms with Crippen molar-refractivity contribution >= 4 is 5.91 Å². The van der Waals surface area contributed by atoms with E-state index in [1.807, 2.05) is 11.8 Å². The Balaban J connectivity index is 2.70. The van der Waals surface area contributed by atoms with Gasteiger partial charge < -0.3 is 10.0 Å². The van der Waals surface area contributed by atoms with Gasteiger partial charge in [-0.15, -0.1) is 0 Å². The Morgan fingerprint density at radius 2 is 1.90 bits per heavy atom. The highest BCUT2D eigenvalue weighted by molar-refractivity contribution is 5.79. The van der Waals surface area contributed by atoms with Crippen LogP contribution in [-0.4, -0.2) is 58.6 Å². The second-order valence-corrected chi connectivity index (χ2v) is 6.77. The van der Waals surface area contributed by atoms with Crippen molar-refractivity contribution in [3.8, 4) is 6.07 Å². The minimum atomic E-state index is -0.827. The lowest BCUT2D eigenvalue weighted by molar-refractivity contribution is -0.136. The van der Waals surface area contributed by atoms with Gasteiger partial charge in [-0.05, 0) is 33.2 Å². The van der Waals surface area contributed by atoms with Crippen molar-refractivity contribution in [3.63, 3.8) is 0 Å². The maximum atomic E-state index is 12.5. The van der Waals surface area contributed by atoms with Gasteiger partial charge in [0.15, 0.2) is 0 Å². The molecule has 1 aliphatic rings.